The standard InChI is InChI=1S/C15H24N2O5S/c1-11-8-13(22-5)9-12(2)15(11)23(20,21)17(4)7-6-16(3)10-14(18)19/h8-9H,6-7,10H2,1-5H3,(H,18,19). The SMILES string of the molecule is COc1cc(C)c(S(=O)(=O)N(C)CCN(C)CC(=O)O)c(C)c1. The Kier molecular flexibility index (Phi) is 6.55. The van der Waals surface area contributed by atoms with Crippen molar-refractivity contribution in [3.63, 3.8) is 0 Å². The van der Waals surface area contributed by atoms with Crippen molar-refractivity contribution in [3.8, 4) is 5.75 Å². The van der Waals surface area contributed by atoms with E-state index in [0.29, 0.717) is 23.4 Å². The number of rotatable bonds is 8. The summed E-state index contributed by atoms with van der Waals surface area (Å²) in [4.78, 5) is 12.5. The van der Waals surface area contributed by atoms with E-state index in [4.69, 9.17) is 9.84 Å². The minimum Gasteiger partial charge on any atom is -0.497 e. The molecule has 7 nitrogen and oxygen atoms in total. The maximum Gasteiger partial charge on any atom is 0.317 e. The van der Waals surface area contributed by atoms with Gasteiger partial charge in [-0.1, -0.05) is 0 Å². The second kappa shape index (κ2) is 7.76. The van der Waals surface area contributed by atoms with Gasteiger partial charge in [-0.2, -0.15) is 4.31 Å². The van der Waals surface area contributed by atoms with E-state index < -0.39 is 16.0 Å². The van der Waals surface area contributed by atoms with Crippen LogP contribution in [0.3, 0.4) is 0 Å². The van der Waals surface area contributed by atoms with Crippen molar-refractivity contribution in [1.82, 2.24) is 9.21 Å². The summed E-state index contributed by atoms with van der Waals surface area (Å²) in [5, 5.41) is 8.72. The fourth-order valence-electron chi connectivity index (χ4n) is 2.33. The average Bonchev–Trinajstić information content (AvgIpc) is 2.42. The molecule has 0 heterocycles. The topological polar surface area (TPSA) is 87.2 Å². The van der Waals surface area contributed by atoms with E-state index in [2.05, 4.69) is 0 Å². The second-order valence-electron chi connectivity index (χ2n) is 5.55. The summed E-state index contributed by atoms with van der Waals surface area (Å²) in [6.45, 7) is 3.86. The fourth-order valence-corrected chi connectivity index (χ4v) is 3.90. The molecule has 0 bridgehead atoms. The predicted molar refractivity (Wildman–Crippen MR) is 87.4 cm³/mol. The maximum absolute atomic E-state index is 12.8. The number of likely N-dealkylation sites (N-methyl/N-ethyl adjacent to an activating group) is 2. The number of hydrogen-bond donors (Lipinski definition) is 1. The molecule has 130 valence electrons. The summed E-state index contributed by atoms with van der Waals surface area (Å²) in [6.07, 6.45) is 0. The first-order chi connectivity index (χ1) is 10.6. The third kappa shape index (κ3) is 4.92. The lowest BCUT2D eigenvalue weighted by Gasteiger charge is -2.23. The van der Waals surface area contributed by atoms with Crippen LogP contribution in [0.4, 0.5) is 0 Å². The van der Waals surface area contributed by atoms with Gasteiger partial charge in [-0.3, -0.25) is 9.69 Å². The Labute approximate surface area is 137 Å². The first-order valence-electron chi connectivity index (χ1n) is 7.11. The molecule has 1 N–H and O–H groups in total. The van der Waals surface area contributed by atoms with Crippen molar-refractivity contribution < 1.29 is 23.1 Å². The lowest BCUT2D eigenvalue weighted by atomic mass is 10.1. The van der Waals surface area contributed by atoms with E-state index in [9.17, 15) is 13.2 Å². The zero-order chi connectivity index (χ0) is 17.8. The predicted octanol–water partition coefficient (Wildman–Crippen LogP) is 0.949. The highest BCUT2D eigenvalue weighted by Crippen LogP contribution is 2.27. The Morgan fingerprint density at radius 2 is 1.70 bits per heavy atom. The van der Waals surface area contributed by atoms with Gasteiger partial charge in [-0.05, 0) is 44.2 Å². The number of hydrogen-bond acceptors (Lipinski definition) is 5. The monoisotopic (exact) mass is 344 g/mol. The molecule has 0 saturated carbocycles. The molecule has 1 aromatic rings. The molecule has 0 fully saturated rings. The molecule has 0 aliphatic heterocycles. The number of carbonyl (C=O) groups is 1. The highest BCUT2D eigenvalue weighted by atomic mass is 32.2. The first kappa shape index (κ1) is 19.4. The van der Waals surface area contributed by atoms with Gasteiger partial charge < -0.3 is 9.84 Å². The summed E-state index contributed by atoms with van der Waals surface area (Å²) in [5.41, 5.74) is 1.24. The highest BCUT2D eigenvalue weighted by Gasteiger charge is 2.25. The molecule has 0 spiro atoms. The number of aryl methyl sites for hydroxylation is 2. The van der Waals surface area contributed by atoms with E-state index in [-0.39, 0.29) is 18.0 Å². The summed E-state index contributed by atoms with van der Waals surface area (Å²) in [7, 11) is 1.02. The van der Waals surface area contributed by atoms with Crippen molar-refractivity contribution >= 4 is 16.0 Å². The molecule has 8 heteroatoms. The van der Waals surface area contributed by atoms with Crippen LogP contribution in [0.5, 0.6) is 5.75 Å². The molecular formula is C15H24N2O5S. The van der Waals surface area contributed by atoms with Crippen LogP contribution in [0.25, 0.3) is 0 Å². The van der Waals surface area contributed by atoms with Crippen LogP contribution in [0, 0.1) is 13.8 Å². The van der Waals surface area contributed by atoms with E-state index >= 15 is 0 Å². The van der Waals surface area contributed by atoms with E-state index in [1.165, 1.54) is 18.5 Å². The number of carboxylic acids is 1. The third-order valence-electron chi connectivity index (χ3n) is 3.54. The van der Waals surface area contributed by atoms with E-state index in [1.807, 2.05) is 0 Å². The lowest BCUT2D eigenvalue weighted by Crippen LogP contribution is -2.37. The van der Waals surface area contributed by atoms with E-state index in [1.54, 1.807) is 37.9 Å². The van der Waals surface area contributed by atoms with Gasteiger partial charge in [0, 0.05) is 20.1 Å². The molecule has 0 radical (unpaired) electrons. The number of carboxylic acid groups (broad SMARTS) is 1. The van der Waals surface area contributed by atoms with Crippen LogP contribution in [-0.2, 0) is 14.8 Å². The molecule has 0 saturated heterocycles. The number of aliphatic carboxylic acids is 1. The van der Waals surface area contributed by atoms with Crippen LogP contribution in [-0.4, -0.2) is 69.5 Å². The van der Waals surface area contributed by atoms with Gasteiger partial charge in [0.25, 0.3) is 0 Å². The van der Waals surface area contributed by atoms with Gasteiger partial charge in [0.05, 0.1) is 18.6 Å². The first-order valence-corrected chi connectivity index (χ1v) is 8.55. The Hall–Kier alpha value is -1.64. The van der Waals surface area contributed by atoms with Crippen molar-refractivity contribution in [2.45, 2.75) is 18.7 Å². The summed E-state index contributed by atoms with van der Waals surface area (Å²) in [5.74, 6) is -0.331. The van der Waals surface area contributed by atoms with Gasteiger partial charge in [0.15, 0.2) is 0 Å². The summed E-state index contributed by atoms with van der Waals surface area (Å²) in [6, 6.07) is 3.37. The number of nitrogens with zero attached hydrogens (tertiary/aromatic N) is 2. The lowest BCUT2D eigenvalue weighted by molar-refractivity contribution is -0.137. The van der Waals surface area contributed by atoms with Gasteiger partial charge in [-0.25, -0.2) is 8.42 Å². The number of methoxy groups -OCH3 is 1. The molecule has 0 amide bonds. The molecule has 0 aromatic heterocycles. The van der Waals surface area contributed by atoms with Gasteiger partial charge >= 0.3 is 5.97 Å². The Morgan fingerprint density at radius 1 is 1.17 bits per heavy atom. The molecular weight excluding hydrogens is 320 g/mol. The number of sulfonamides is 1. The Morgan fingerprint density at radius 3 is 2.13 bits per heavy atom. The Balaban J connectivity index is 2.96. The smallest absolute Gasteiger partial charge is 0.317 e. The average molecular weight is 344 g/mol. The minimum atomic E-state index is -3.65. The quantitative estimate of drug-likeness (QED) is 0.755. The van der Waals surface area contributed by atoms with Crippen molar-refractivity contribution in [1.29, 1.82) is 0 Å². The summed E-state index contributed by atoms with van der Waals surface area (Å²) < 4.78 is 31.9. The van der Waals surface area contributed by atoms with Crippen molar-refractivity contribution in [2.24, 2.45) is 0 Å². The van der Waals surface area contributed by atoms with Crippen molar-refractivity contribution in [3.05, 3.63) is 23.3 Å². The molecule has 1 rings (SSSR count). The van der Waals surface area contributed by atoms with Gasteiger partial charge in [-0.15, -0.1) is 0 Å². The number of ether oxygens (including phenoxy) is 1. The third-order valence-corrected chi connectivity index (χ3v) is 5.70. The van der Waals surface area contributed by atoms with Gasteiger partial charge in [0.2, 0.25) is 10.0 Å². The van der Waals surface area contributed by atoms with Crippen LogP contribution >= 0.6 is 0 Å². The molecule has 0 atom stereocenters. The second-order valence-corrected chi connectivity index (χ2v) is 7.53. The molecule has 23 heavy (non-hydrogen) atoms. The maximum atomic E-state index is 12.8. The normalized spacial score (nSPS) is 12.0. The van der Waals surface area contributed by atoms with Crippen molar-refractivity contribution in [2.75, 3.05) is 40.8 Å². The van der Waals surface area contributed by atoms with Crippen LogP contribution in [0.15, 0.2) is 17.0 Å². The molecule has 0 aliphatic rings. The molecule has 0 aliphatic carbocycles. The van der Waals surface area contributed by atoms with Gasteiger partial charge in [0.1, 0.15) is 5.75 Å². The van der Waals surface area contributed by atoms with Crippen LogP contribution in [0.2, 0.25) is 0 Å². The fraction of sp³-hybridized carbons (Fsp3) is 0.533. The Bertz CT molecular complexity index is 649. The van der Waals surface area contributed by atoms with Crippen LogP contribution in [0.1, 0.15) is 11.1 Å². The zero-order valence-electron chi connectivity index (χ0n) is 14.2. The number of benzene rings is 1. The zero-order valence-corrected chi connectivity index (χ0v) is 15.0. The molecule has 1 aromatic carbocycles. The highest BCUT2D eigenvalue weighted by molar-refractivity contribution is 7.89. The summed E-state index contributed by atoms with van der Waals surface area (Å²) >= 11 is 0. The van der Waals surface area contributed by atoms with E-state index in [0.717, 1.165) is 0 Å². The largest absolute Gasteiger partial charge is 0.497 e. The molecule has 0 unspecified atom stereocenters. The minimum absolute atomic E-state index is 0.130. The van der Waals surface area contributed by atoms with Crippen LogP contribution < -0.4 is 4.74 Å².